The third kappa shape index (κ3) is 1.66. The zero-order valence-electron chi connectivity index (χ0n) is 10.1. The second-order valence-electron chi connectivity index (χ2n) is 6.01. The van der Waals surface area contributed by atoms with Crippen LogP contribution in [0, 0.1) is 30.6 Å². The quantitative estimate of drug-likeness (QED) is 0.891. The van der Waals surface area contributed by atoms with Gasteiger partial charge in [0.25, 0.3) is 0 Å². The van der Waals surface area contributed by atoms with Gasteiger partial charge in [0, 0.05) is 26.8 Å². The zero-order valence-corrected chi connectivity index (χ0v) is 12.5. The highest BCUT2D eigenvalue weighted by molar-refractivity contribution is 9.10. The summed E-state index contributed by atoms with van der Waals surface area (Å²) in [4.78, 5) is 2.88. The molecule has 0 spiro atoms. The first-order valence-electron chi connectivity index (χ1n) is 6.72. The smallest absolute Gasteiger partial charge is 0.0314 e. The summed E-state index contributed by atoms with van der Waals surface area (Å²) < 4.78 is 1.27. The van der Waals surface area contributed by atoms with E-state index in [0.717, 1.165) is 36.3 Å². The Morgan fingerprint density at radius 2 is 2.06 bits per heavy atom. The number of nitrogens with one attached hydrogen (secondary N) is 1. The Morgan fingerprint density at radius 3 is 2.65 bits per heavy atom. The molecule has 0 aromatic carbocycles. The van der Waals surface area contributed by atoms with Crippen molar-refractivity contribution < 1.29 is 0 Å². The molecule has 2 bridgehead atoms. The van der Waals surface area contributed by atoms with Gasteiger partial charge in [-0.25, -0.2) is 0 Å². The van der Waals surface area contributed by atoms with E-state index in [0.29, 0.717) is 0 Å². The van der Waals surface area contributed by atoms with Crippen LogP contribution in [0.2, 0.25) is 0 Å². The lowest BCUT2D eigenvalue weighted by atomic mass is 10.0. The maximum absolute atomic E-state index is 3.81. The molecule has 1 heterocycles. The Balaban J connectivity index is 1.38. The molecule has 3 saturated carbocycles. The van der Waals surface area contributed by atoms with Crippen molar-refractivity contribution in [2.45, 2.75) is 38.8 Å². The standard InChI is InChI=1S/C14H18BrNS/c1-7-11(15)5-10(17-7)6-16-14-12-8-2-3-9(4-8)13(12)14/h5,8-9,12-14,16H,2-4,6H2,1H3. The largest absolute Gasteiger partial charge is 0.309 e. The minimum Gasteiger partial charge on any atom is -0.309 e. The number of hydrogen-bond donors (Lipinski definition) is 1. The highest BCUT2D eigenvalue weighted by Gasteiger charge is 2.64. The summed E-state index contributed by atoms with van der Waals surface area (Å²) in [5, 5.41) is 3.81. The molecule has 0 amide bonds. The minimum atomic E-state index is 0.863. The van der Waals surface area contributed by atoms with E-state index < -0.39 is 0 Å². The minimum absolute atomic E-state index is 0.863. The van der Waals surface area contributed by atoms with E-state index in [1.165, 1.54) is 27.1 Å². The topological polar surface area (TPSA) is 12.0 Å². The number of thiophene rings is 1. The Bertz CT molecular complexity index is 420. The van der Waals surface area contributed by atoms with Crippen molar-refractivity contribution >= 4 is 27.3 Å². The van der Waals surface area contributed by atoms with E-state index in [2.05, 4.69) is 34.2 Å². The molecule has 4 rings (SSSR count). The highest BCUT2D eigenvalue weighted by atomic mass is 79.9. The van der Waals surface area contributed by atoms with Crippen LogP contribution < -0.4 is 5.32 Å². The van der Waals surface area contributed by atoms with Crippen molar-refractivity contribution in [2.24, 2.45) is 23.7 Å². The fraction of sp³-hybridized carbons (Fsp3) is 0.714. The molecule has 3 aliphatic carbocycles. The van der Waals surface area contributed by atoms with Crippen LogP contribution in [0.25, 0.3) is 0 Å². The van der Waals surface area contributed by atoms with Gasteiger partial charge in [-0.2, -0.15) is 0 Å². The van der Waals surface area contributed by atoms with E-state index in [1.54, 1.807) is 6.42 Å². The van der Waals surface area contributed by atoms with E-state index in [9.17, 15) is 0 Å². The molecule has 1 nitrogen and oxygen atoms in total. The van der Waals surface area contributed by atoms with Gasteiger partial charge in [-0.15, -0.1) is 11.3 Å². The lowest BCUT2D eigenvalue weighted by Crippen LogP contribution is -2.21. The zero-order chi connectivity index (χ0) is 11.6. The molecule has 92 valence electrons. The molecule has 1 aromatic rings. The average molecular weight is 312 g/mol. The van der Waals surface area contributed by atoms with Gasteiger partial charge in [0.05, 0.1) is 0 Å². The first-order chi connectivity index (χ1) is 8.24. The van der Waals surface area contributed by atoms with Crippen molar-refractivity contribution in [3.05, 3.63) is 20.3 Å². The molecule has 0 saturated heterocycles. The first-order valence-corrected chi connectivity index (χ1v) is 8.33. The van der Waals surface area contributed by atoms with Crippen molar-refractivity contribution in [3.8, 4) is 0 Å². The molecule has 3 aliphatic rings. The lowest BCUT2D eigenvalue weighted by Gasteiger charge is -2.09. The summed E-state index contributed by atoms with van der Waals surface area (Å²) in [7, 11) is 0. The van der Waals surface area contributed by atoms with Crippen molar-refractivity contribution in [2.75, 3.05) is 0 Å². The Morgan fingerprint density at radius 1 is 1.35 bits per heavy atom. The third-order valence-electron chi connectivity index (χ3n) is 5.16. The predicted octanol–water partition coefficient (Wildman–Crippen LogP) is 3.95. The van der Waals surface area contributed by atoms with Crippen LogP contribution in [-0.2, 0) is 6.54 Å². The van der Waals surface area contributed by atoms with Gasteiger partial charge in [-0.05, 0) is 71.9 Å². The van der Waals surface area contributed by atoms with Crippen molar-refractivity contribution in [1.82, 2.24) is 5.32 Å². The molecule has 3 heteroatoms. The second kappa shape index (κ2) is 3.82. The van der Waals surface area contributed by atoms with Gasteiger partial charge in [0.2, 0.25) is 0 Å². The molecular weight excluding hydrogens is 294 g/mol. The summed E-state index contributed by atoms with van der Waals surface area (Å²) in [5.74, 6) is 4.27. The van der Waals surface area contributed by atoms with Crippen molar-refractivity contribution in [3.63, 3.8) is 0 Å². The SMILES string of the molecule is Cc1sc(CNC2C3C4CCC(C4)C23)cc1Br. The van der Waals surface area contributed by atoms with Gasteiger partial charge >= 0.3 is 0 Å². The number of hydrogen-bond acceptors (Lipinski definition) is 2. The number of rotatable bonds is 3. The van der Waals surface area contributed by atoms with E-state index in [-0.39, 0.29) is 0 Å². The normalized spacial score (nSPS) is 41.9. The Kier molecular flexibility index (Phi) is 2.47. The maximum Gasteiger partial charge on any atom is 0.0314 e. The molecule has 4 unspecified atom stereocenters. The molecule has 1 aromatic heterocycles. The summed E-state index contributed by atoms with van der Waals surface area (Å²) in [6, 6.07) is 3.14. The van der Waals surface area contributed by atoms with Crippen LogP contribution in [0.3, 0.4) is 0 Å². The predicted molar refractivity (Wildman–Crippen MR) is 75.2 cm³/mol. The van der Waals surface area contributed by atoms with Crippen LogP contribution in [-0.4, -0.2) is 6.04 Å². The van der Waals surface area contributed by atoms with Gasteiger partial charge < -0.3 is 5.32 Å². The van der Waals surface area contributed by atoms with Crippen LogP contribution in [0.4, 0.5) is 0 Å². The van der Waals surface area contributed by atoms with E-state index >= 15 is 0 Å². The molecular formula is C14H18BrNS. The molecule has 4 atom stereocenters. The highest BCUT2D eigenvalue weighted by Crippen LogP contribution is 2.65. The van der Waals surface area contributed by atoms with Crippen LogP contribution >= 0.6 is 27.3 Å². The molecule has 0 radical (unpaired) electrons. The Labute approximate surface area is 115 Å². The van der Waals surface area contributed by atoms with Gasteiger partial charge in [-0.3, -0.25) is 0 Å². The number of fused-ring (bicyclic) bond motifs is 5. The number of halogens is 1. The maximum atomic E-state index is 3.81. The van der Waals surface area contributed by atoms with Crippen LogP contribution in [0.15, 0.2) is 10.5 Å². The molecule has 3 fully saturated rings. The summed E-state index contributed by atoms with van der Waals surface area (Å²) in [5.41, 5.74) is 0. The van der Waals surface area contributed by atoms with E-state index in [4.69, 9.17) is 0 Å². The first kappa shape index (κ1) is 11.0. The summed E-state index contributed by atoms with van der Waals surface area (Å²) in [6.07, 6.45) is 4.60. The fourth-order valence-electron chi connectivity index (χ4n) is 4.42. The second-order valence-corrected chi connectivity index (χ2v) is 8.21. The van der Waals surface area contributed by atoms with Gasteiger partial charge in [0.1, 0.15) is 0 Å². The monoisotopic (exact) mass is 311 g/mol. The summed E-state index contributed by atoms with van der Waals surface area (Å²) >= 11 is 5.52. The average Bonchev–Trinajstić information content (AvgIpc) is 2.64. The van der Waals surface area contributed by atoms with Crippen LogP contribution in [0.5, 0.6) is 0 Å². The van der Waals surface area contributed by atoms with Crippen molar-refractivity contribution in [1.29, 1.82) is 0 Å². The lowest BCUT2D eigenvalue weighted by molar-refractivity contribution is 0.456. The molecule has 0 aliphatic heterocycles. The van der Waals surface area contributed by atoms with Gasteiger partial charge in [0.15, 0.2) is 0 Å². The van der Waals surface area contributed by atoms with E-state index in [1.807, 2.05) is 11.3 Å². The third-order valence-corrected chi connectivity index (χ3v) is 7.29. The fourth-order valence-corrected chi connectivity index (χ4v) is 5.97. The Hall–Kier alpha value is 0.140. The summed E-state index contributed by atoms with van der Waals surface area (Å²) in [6.45, 7) is 3.26. The molecule has 17 heavy (non-hydrogen) atoms. The number of aryl methyl sites for hydroxylation is 1. The molecule has 1 N–H and O–H groups in total. The van der Waals surface area contributed by atoms with Gasteiger partial charge in [-0.1, -0.05) is 0 Å². The van der Waals surface area contributed by atoms with Crippen LogP contribution in [0.1, 0.15) is 29.0 Å².